The third kappa shape index (κ3) is 4.10. The van der Waals surface area contributed by atoms with Gasteiger partial charge in [-0.05, 0) is 14.1 Å². The first-order chi connectivity index (χ1) is 7.95. The maximum Gasteiger partial charge on any atom is 0.500 e. The Hall–Kier alpha value is 0.194. The van der Waals surface area contributed by atoms with Crippen LogP contribution in [0.5, 0.6) is 0 Å². The van der Waals surface area contributed by atoms with Crippen LogP contribution in [0.4, 0.5) is 0 Å². The summed E-state index contributed by atoms with van der Waals surface area (Å²) in [7, 11) is 7.17. The minimum absolute atomic E-state index is 0.669. The summed E-state index contributed by atoms with van der Waals surface area (Å²) in [5, 5.41) is 0. The summed E-state index contributed by atoms with van der Waals surface area (Å²) in [6.07, 6.45) is 0. The van der Waals surface area contributed by atoms with Gasteiger partial charge in [0.25, 0.3) is 0 Å². The van der Waals surface area contributed by atoms with E-state index in [4.69, 9.17) is 22.1 Å². The van der Waals surface area contributed by atoms with E-state index in [0.29, 0.717) is 6.04 Å². The van der Waals surface area contributed by atoms with E-state index in [9.17, 15) is 0 Å². The highest BCUT2D eigenvalue weighted by atomic mass is 28.4. The predicted octanol–water partition coefficient (Wildman–Crippen LogP) is 0.658. The minimum Gasteiger partial charge on any atom is -0.386 e. The zero-order valence-corrected chi connectivity index (χ0v) is 13.9. The molecule has 0 aromatic carbocycles. The standard InChI is InChI=1S/C9H25NO5Si2/c1-10(2)16(11-3,12-4)8-9-17(13-5,14-6)15-7/h8-9H2,1-7H3. The Morgan fingerprint density at radius 3 is 1.35 bits per heavy atom. The molecule has 0 aromatic heterocycles. The molecular formula is C9H25NO5Si2. The van der Waals surface area contributed by atoms with Crippen LogP contribution in [-0.4, -0.2) is 71.7 Å². The molecule has 0 radical (unpaired) electrons. The van der Waals surface area contributed by atoms with Gasteiger partial charge in [-0.1, -0.05) is 0 Å². The van der Waals surface area contributed by atoms with Crippen LogP contribution in [0, 0.1) is 0 Å². The quantitative estimate of drug-likeness (QED) is 0.579. The number of hydrogen-bond acceptors (Lipinski definition) is 6. The van der Waals surface area contributed by atoms with Crippen LogP contribution in [0.25, 0.3) is 0 Å². The van der Waals surface area contributed by atoms with E-state index in [1.54, 1.807) is 35.5 Å². The average molecular weight is 283 g/mol. The van der Waals surface area contributed by atoms with Crippen LogP contribution in [0.3, 0.4) is 0 Å². The molecule has 8 heteroatoms. The monoisotopic (exact) mass is 283 g/mol. The first-order valence-electron chi connectivity index (χ1n) is 5.39. The Morgan fingerprint density at radius 2 is 1.12 bits per heavy atom. The second-order valence-corrected chi connectivity index (χ2v) is 10.5. The zero-order valence-electron chi connectivity index (χ0n) is 11.9. The van der Waals surface area contributed by atoms with Crippen molar-refractivity contribution in [3.8, 4) is 0 Å². The molecule has 0 bridgehead atoms. The van der Waals surface area contributed by atoms with Crippen LogP contribution >= 0.6 is 0 Å². The molecule has 0 N–H and O–H groups in total. The van der Waals surface area contributed by atoms with Crippen molar-refractivity contribution in [2.45, 2.75) is 12.1 Å². The first-order valence-corrected chi connectivity index (χ1v) is 9.29. The molecule has 104 valence electrons. The van der Waals surface area contributed by atoms with Crippen molar-refractivity contribution in [3.63, 3.8) is 0 Å². The lowest BCUT2D eigenvalue weighted by Gasteiger charge is -2.34. The van der Waals surface area contributed by atoms with Crippen molar-refractivity contribution < 1.29 is 22.1 Å². The smallest absolute Gasteiger partial charge is 0.386 e. The summed E-state index contributed by atoms with van der Waals surface area (Å²) in [5.41, 5.74) is 0. The summed E-state index contributed by atoms with van der Waals surface area (Å²) in [5.74, 6) is 0. The molecule has 0 aliphatic heterocycles. The van der Waals surface area contributed by atoms with E-state index in [0.717, 1.165) is 6.04 Å². The lowest BCUT2D eigenvalue weighted by atomic mass is 10.9. The van der Waals surface area contributed by atoms with E-state index in [1.165, 1.54) is 0 Å². The Bertz CT molecular complexity index is 201. The van der Waals surface area contributed by atoms with Gasteiger partial charge in [-0.25, -0.2) is 0 Å². The molecule has 0 amide bonds. The van der Waals surface area contributed by atoms with Crippen molar-refractivity contribution in [1.29, 1.82) is 0 Å². The summed E-state index contributed by atoms with van der Waals surface area (Å²) >= 11 is 0. The maximum absolute atomic E-state index is 5.58. The van der Waals surface area contributed by atoms with Gasteiger partial charge in [0.2, 0.25) is 0 Å². The summed E-state index contributed by atoms with van der Waals surface area (Å²) < 4.78 is 29.3. The Kier molecular flexibility index (Phi) is 7.68. The Balaban J connectivity index is 4.69. The van der Waals surface area contributed by atoms with Gasteiger partial charge in [-0.15, -0.1) is 0 Å². The van der Waals surface area contributed by atoms with Gasteiger partial charge in [0.1, 0.15) is 0 Å². The van der Waals surface area contributed by atoms with Crippen LogP contribution in [0.15, 0.2) is 0 Å². The topological polar surface area (TPSA) is 49.4 Å². The molecule has 0 spiro atoms. The molecule has 0 saturated carbocycles. The highest BCUT2D eigenvalue weighted by Gasteiger charge is 2.46. The summed E-state index contributed by atoms with van der Waals surface area (Å²) in [4.78, 5) is 0. The molecule has 0 aliphatic rings. The molecule has 17 heavy (non-hydrogen) atoms. The number of nitrogens with zero attached hydrogens (tertiary/aromatic N) is 1. The molecule has 0 atom stereocenters. The number of rotatable bonds is 9. The largest absolute Gasteiger partial charge is 0.500 e. The third-order valence-electron chi connectivity index (χ3n) is 3.00. The molecular weight excluding hydrogens is 258 g/mol. The minimum atomic E-state index is -2.56. The van der Waals surface area contributed by atoms with Gasteiger partial charge in [-0.3, -0.25) is 4.57 Å². The van der Waals surface area contributed by atoms with Crippen molar-refractivity contribution in [3.05, 3.63) is 0 Å². The highest BCUT2D eigenvalue weighted by Crippen LogP contribution is 2.24. The zero-order chi connectivity index (χ0) is 13.5. The van der Waals surface area contributed by atoms with Crippen molar-refractivity contribution in [2.75, 3.05) is 49.6 Å². The van der Waals surface area contributed by atoms with Gasteiger partial charge in [0, 0.05) is 47.6 Å². The van der Waals surface area contributed by atoms with E-state index < -0.39 is 17.5 Å². The van der Waals surface area contributed by atoms with Crippen molar-refractivity contribution in [2.24, 2.45) is 0 Å². The Morgan fingerprint density at radius 1 is 0.706 bits per heavy atom. The molecule has 6 nitrogen and oxygen atoms in total. The molecule has 0 aliphatic carbocycles. The second kappa shape index (κ2) is 7.59. The molecule has 0 heterocycles. The predicted molar refractivity (Wildman–Crippen MR) is 69.9 cm³/mol. The van der Waals surface area contributed by atoms with Crippen molar-refractivity contribution in [1.82, 2.24) is 4.57 Å². The molecule has 0 saturated heterocycles. The van der Waals surface area contributed by atoms with Gasteiger partial charge in [0.15, 0.2) is 0 Å². The van der Waals surface area contributed by atoms with Gasteiger partial charge in [0.05, 0.1) is 0 Å². The Labute approximate surface area is 106 Å². The lowest BCUT2D eigenvalue weighted by molar-refractivity contribution is 0.121. The highest BCUT2D eigenvalue weighted by molar-refractivity contribution is 6.68. The number of hydrogen-bond donors (Lipinski definition) is 0. The van der Waals surface area contributed by atoms with Crippen LogP contribution in [0.1, 0.15) is 0 Å². The van der Waals surface area contributed by atoms with Gasteiger partial charge >= 0.3 is 17.5 Å². The SMILES string of the molecule is CO[Si](CC[Si](OC)(OC)N(C)C)(OC)OC. The summed E-state index contributed by atoms with van der Waals surface area (Å²) in [6, 6.07) is 1.40. The van der Waals surface area contributed by atoms with E-state index in [-0.39, 0.29) is 0 Å². The maximum atomic E-state index is 5.58. The van der Waals surface area contributed by atoms with E-state index in [2.05, 4.69) is 0 Å². The fourth-order valence-corrected chi connectivity index (χ4v) is 7.10. The van der Waals surface area contributed by atoms with Gasteiger partial charge < -0.3 is 22.1 Å². The van der Waals surface area contributed by atoms with E-state index in [1.807, 2.05) is 18.7 Å². The molecule has 0 fully saturated rings. The fourth-order valence-electron chi connectivity index (χ4n) is 1.74. The molecule has 0 rings (SSSR count). The second-order valence-electron chi connectivity index (χ2n) is 3.81. The fraction of sp³-hybridized carbons (Fsp3) is 1.00. The van der Waals surface area contributed by atoms with Crippen molar-refractivity contribution >= 4 is 17.5 Å². The first kappa shape index (κ1) is 17.2. The van der Waals surface area contributed by atoms with E-state index >= 15 is 0 Å². The van der Waals surface area contributed by atoms with Crippen LogP contribution in [0.2, 0.25) is 12.1 Å². The molecule has 0 aromatic rings. The van der Waals surface area contributed by atoms with Crippen LogP contribution in [-0.2, 0) is 22.1 Å². The third-order valence-corrected chi connectivity index (χ3v) is 9.75. The molecule has 0 unspecified atom stereocenters. The normalized spacial score (nSPS) is 13.4. The average Bonchev–Trinajstić information content (AvgIpc) is 2.36. The lowest BCUT2D eigenvalue weighted by Crippen LogP contribution is -2.56. The van der Waals surface area contributed by atoms with Gasteiger partial charge in [-0.2, -0.15) is 0 Å². The van der Waals surface area contributed by atoms with Crippen LogP contribution < -0.4 is 0 Å². The summed E-state index contributed by atoms with van der Waals surface area (Å²) in [6.45, 7) is 0.